The van der Waals surface area contributed by atoms with Crippen molar-refractivity contribution in [2.45, 2.75) is 13.5 Å². The molecule has 0 aliphatic heterocycles. The van der Waals surface area contributed by atoms with Gasteiger partial charge in [0.1, 0.15) is 12.8 Å². The average molecular weight is 287 g/mol. The second-order valence-electron chi connectivity index (χ2n) is 4.27. The fourth-order valence-corrected chi connectivity index (χ4v) is 1.62. The molecule has 1 aromatic carbocycles. The highest BCUT2D eigenvalue weighted by Gasteiger charge is 2.12. The molecule has 2 rings (SSSR count). The minimum absolute atomic E-state index is 0.119. The Morgan fingerprint density at radius 1 is 1.38 bits per heavy atom. The molecule has 7 nitrogen and oxygen atoms in total. The van der Waals surface area contributed by atoms with Crippen LogP contribution in [0.3, 0.4) is 0 Å². The van der Waals surface area contributed by atoms with Gasteiger partial charge < -0.3 is 4.74 Å². The van der Waals surface area contributed by atoms with Crippen LogP contribution in [0.4, 0.5) is 16.2 Å². The summed E-state index contributed by atoms with van der Waals surface area (Å²) in [5.74, 6) is 0. The number of ether oxygens (including phenoxy) is 1. The summed E-state index contributed by atoms with van der Waals surface area (Å²) in [6.45, 7) is 1.75. The monoisotopic (exact) mass is 287 g/mol. The molecule has 21 heavy (non-hydrogen) atoms. The second kappa shape index (κ2) is 6.47. The summed E-state index contributed by atoms with van der Waals surface area (Å²) in [4.78, 5) is 25.7. The molecule has 0 atom stereocenters. The maximum absolute atomic E-state index is 11.7. The van der Waals surface area contributed by atoms with Crippen molar-refractivity contribution in [1.29, 1.82) is 0 Å². The lowest BCUT2D eigenvalue weighted by molar-refractivity contribution is -0.385. The maximum Gasteiger partial charge on any atom is 0.412 e. The lowest BCUT2D eigenvalue weighted by Crippen LogP contribution is -2.14. The molecule has 2 aromatic rings. The van der Waals surface area contributed by atoms with E-state index in [9.17, 15) is 14.9 Å². The summed E-state index contributed by atoms with van der Waals surface area (Å²) in [6.07, 6.45) is 0.444. The Morgan fingerprint density at radius 3 is 2.76 bits per heavy atom. The minimum atomic E-state index is -0.691. The van der Waals surface area contributed by atoms with Crippen LogP contribution in [0.15, 0.2) is 42.6 Å². The summed E-state index contributed by atoms with van der Waals surface area (Å²) in [5, 5.41) is 13.1. The van der Waals surface area contributed by atoms with Crippen molar-refractivity contribution in [3.8, 4) is 0 Å². The van der Waals surface area contributed by atoms with Gasteiger partial charge in [-0.1, -0.05) is 30.3 Å². The standard InChI is InChI=1S/C14H13N3O4/c1-10-13(7-12(8-15-10)17(19)20)16-14(18)21-9-11-5-3-2-4-6-11/h2-8H,9H2,1H3,(H,16,18). The molecule has 0 radical (unpaired) electrons. The topological polar surface area (TPSA) is 94.4 Å². The van der Waals surface area contributed by atoms with Crippen LogP contribution < -0.4 is 5.32 Å². The number of carbonyl (C=O) groups excluding carboxylic acids is 1. The predicted molar refractivity (Wildman–Crippen MR) is 75.9 cm³/mol. The van der Waals surface area contributed by atoms with Gasteiger partial charge >= 0.3 is 6.09 Å². The largest absolute Gasteiger partial charge is 0.444 e. The molecular weight excluding hydrogens is 274 g/mol. The number of rotatable bonds is 4. The Kier molecular flexibility index (Phi) is 4.45. The number of benzene rings is 1. The zero-order valence-electron chi connectivity index (χ0n) is 11.3. The SMILES string of the molecule is Cc1ncc([N+](=O)[O-])cc1NC(=O)OCc1ccccc1. The number of amides is 1. The van der Waals surface area contributed by atoms with E-state index in [0.717, 1.165) is 11.8 Å². The first kappa shape index (κ1) is 14.4. The van der Waals surface area contributed by atoms with Crippen LogP contribution in [-0.2, 0) is 11.3 Å². The van der Waals surface area contributed by atoms with Crippen molar-refractivity contribution in [2.75, 3.05) is 5.32 Å². The highest BCUT2D eigenvalue weighted by atomic mass is 16.6. The third kappa shape index (κ3) is 4.00. The van der Waals surface area contributed by atoms with Crippen LogP contribution >= 0.6 is 0 Å². The molecule has 108 valence electrons. The van der Waals surface area contributed by atoms with Crippen LogP contribution in [0.1, 0.15) is 11.3 Å². The number of hydrogen-bond donors (Lipinski definition) is 1. The number of nitrogens with zero attached hydrogens (tertiary/aromatic N) is 2. The molecule has 0 saturated heterocycles. The van der Waals surface area contributed by atoms with Gasteiger partial charge in [0.15, 0.2) is 0 Å². The van der Waals surface area contributed by atoms with E-state index in [1.54, 1.807) is 6.92 Å². The highest BCUT2D eigenvalue weighted by molar-refractivity contribution is 5.85. The number of aromatic nitrogens is 1. The predicted octanol–water partition coefficient (Wildman–Crippen LogP) is 3.05. The maximum atomic E-state index is 11.7. The normalized spacial score (nSPS) is 9.95. The molecule has 1 heterocycles. The number of pyridine rings is 1. The lowest BCUT2D eigenvalue weighted by Gasteiger charge is -2.08. The molecule has 1 N–H and O–H groups in total. The Bertz CT molecular complexity index is 659. The van der Waals surface area contributed by atoms with E-state index in [1.165, 1.54) is 6.07 Å². The number of carbonyl (C=O) groups is 1. The van der Waals surface area contributed by atoms with Crippen LogP contribution in [0.25, 0.3) is 0 Å². The van der Waals surface area contributed by atoms with E-state index < -0.39 is 11.0 Å². The smallest absolute Gasteiger partial charge is 0.412 e. The van der Waals surface area contributed by atoms with Gasteiger partial charge in [0.05, 0.1) is 16.3 Å². The van der Waals surface area contributed by atoms with Crippen molar-refractivity contribution in [1.82, 2.24) is 4.98 Å². The number of nitro groups is 1. The Labute approximate surface area is 120 Å². The molecule has 7 heteroatoms. The molecule has 1 amide bonds. The van der Waals surface area contributed by atoms with Crippen LogP contribution in [-0.4, -0.2) is 16.0 Å². The third-order valence-electron chi connectivity index (χ3n) is 2.73. The fraction of sp³-hybridized carbons (Fsp3) is 0.143. The van der Waals surface area contributed by atoms with Crippen molar-refractivity contribution >= 4 is 17.5 Å². The van der Waals surface area contributed by atoms with E-state index in [-0.39, 0.29) is 18.0 Å². The van der Waals surface area contributed by atoms with E-state index in [1.807, 2.05) is 30.3 Å². The molecule has 1 aromatic heterocycles. The van der Waals surface area contributed by atoms with Crippen molar-refractivity contribution in [3.63, 3.8) is 0 Å². The summed E-state index contributed by atoms with van der Waals surface area (Å²) in [7, 11) is 0. The number of nitrogens with one attached hydrogen (secondary N) is 1. The van der Waals surface area contributed by atoms with Crippen LogP contribution in [0.5, 0.6) is 0 Å². The quantitative estimate of drug-likeness (QED) is 0.689. The number of aryl methyl sites for hydroxylation is 1. The number of hydrogen-bond acceptors (Lipinski definition) is 5. The first-order chi connectivity index (χ1) is 10.1. The molecule has 0 saturated carbocycles. The number of anilines is 1. The van der Waals surface area contributed by atoms with E-state index in [4.69, 9.17) is 4.74 Å². The van der Waals surface area contributed by atoms with Gasteiger partial charge in [-0.3, -0.25) is 20.4 Å². The molecule has 0 aliphatic carbocycles. The van der Waals surface area contributed by atoms with Crippen molar-refractivity contribution in [3.05, 3.63) is 64.0 Å². The zero-order valence-corrected chi connectivity index (χ0v) is 11.3. The summed E-state index contributed by atoms with van der Waals surface area (Å²) in [5.41, 5.74) is 1.38. The molecule has 0 aliphatic rings. The van der Waals surface area contributed by atoms with Gasteiger partial charge in [-0.05, 0) is 12.5 Å². The first-order valence-electron chi connectivity index (χ1n) is 6.15. The zero-order chi connectivity index (χ0) is 15.2. The average Bonchev–Trinajstić information content (AvgIpc) is 2.48. The molecule has 0 unspecified atom stereocenters. The first-order valence-corrected chi connectivity index (χ1v) is 6.15. The Hall–Kier alpha value is -2.96. The van der Waals surface area contributed by atoms with E-state index >= 15 is 0 Å². The summed E-state index contributed by atoms with van der Waals surface area (Å²) >= 11 is 0. The van der Waals surface area contributed by atoms with E-state index in [0.29, 0.717) is 5.69 Å². The molecule has 0 spiro atoms. The Morgan fingerprint density at radius 2 is 2.10 bits per heavy atom. The fourth-order valence-electron chi connectivity index (χ4n) is 1.62. The van der Waals surface area contributed by atoms with Gasteiger partial charge in [0.2, 0.25) is 0 Å². The van der Waals surface area contributed by atoms with Crippen molar-refractivity contribution in [2.24, 2.45) is 0 Å². The Balaban J connectivity index is 1.99. The molecule has 0 bridgehead atoms. The van der Waals surface area contributed by atoms with Gasteiger partial charge in [-0.15, -0.1) is 0 Å². The second-order valence-corrected chi connectivity index (χ2v) is 4.27. The minimum Gasteiger partial charge on any atom is -0.444 e. The summed E-state index contributed by atoms with van der Waals surface area (Å²) < 4.78 is 5.04. The molecular formula is C14H13N3O4. The van der Waals surface area contributed by atoms with Crippen LogP contribution in [0, 0.1) is 17.0 Å². The van der Waals surface area contributed by atoms with Gasteiger partial charge in [-0.25, -0.2) is 4.79 Å². The highest BCUT2D eigenvalue weighted by Crippen LogP contribution is 2.19. The third-order valence-corrected chi connectivity index (χ3v) is 2.73. The summed E-state index contributed by atoms with van der Waals surface area (Å²) in [6, 6.07) is 10.4. The van der Waals surface area contributed by atoms with Crippen molar-refractivity contribution < 1.29 is 14.5 Å². The van der Waals surface area contributed by atoms with Gasteiger partial charge in [0, 0.05) is 6.07 Å². The van der Waals surface area contributed by atoms with Crippen LogP contribution in [0.2, 0.25) is 0 Å². The lowest BCUT2D eigenvalue weighted by atomic mass is 10.2. The van der Waals surface area contributed by atoms with E-state index in [2.05, 4.69) is 10.3 Å². The molecule has 0 fully saturated rings. The van der Waals surface area contributed by atoms with Gasteiger partial charge in [-0.2, -0.15) is 0 Å². The van der Waals surface area contributed by atoms with Gasteiger partial charge in [0.25, 0.3) is 5.69 Å².